The summed E-state index contributed by atoms with van der Waals surface area (Å²) < 4.78 is 0. The van der Waals surface area contributed by atoms with E-state index in [1.165, 1.54) is 6.92 Å². The van der Waals surface area contributed by atoms with Gasteiger partial charge in [-0.3, -0.25) is 14.6 Å². The van der Waals surface area contributed by atoms with Gasteiger partial charge < -0.3 is 16.0 Å². The van der Waals surface area contributed by atoms with E-state index in [2.05, 4.69) is 25.9 Å². The normalized spacial score (nSPS) is 10.1. The molecule has 0 radical (unpaired) electrons. The smallest absolute Gasteiger partial charge is 0.251 e. The molecule has 2 aromatic heterocycles. The molecule has 0 unspecified atom stereocenters. The van der Waals surface area contributed by atoms with Crippen LogP contribution in [-0.4, -0.2) is 21.8 Å². The largest absolute Gasteiger partial charge is 0.348 e. The SMILES string of the molecule is CC(=O)Nc1ccc(Nc2cc(C(=O)NCc3cccnc3)ccn2)cc1. The van der Waals surface area contributed by atoms with Crippen LogP contribution >= 0.6 is 0 Å². The third kappa shape index (κ3) is 5.37. The fraction of sp³-hybridized carbons (Fsp3) is 0.100. The topological polar surface area (TPSA) is 96.0 Å². The number of nitrogens with one attached hydrogen (secondary N) is 3. The van der Waals surface area contributed by atoms with E-state index in [1.807, 2.05) is 24.3 Å². The molecule has 0 aliphatic carbocycles. The van der Waals surface area contributed by atoms with E-state index < -0.39 is 0 Å². The highest BCUT2D eigenvalue weighted by atomic mass is 16.2. The molecule has 7 nitrogen and oxygen atoms in total. The first-order valence-electron chi connectivity index (χ1n) is 8.38. The highest BCUT2D eigenvalue weighted by molar-refractivity contribution is 5.95. The number of hydrogen-bond donors (Lipinski definition) is 3. The van der Waals surface area contributed by atoms with Gasteiger partial charge in [-0.15, -0.1) is 0 Å². The Balaban J connectivity index is 1.62. The molecule has 0 atom stereocenters. The molecule has 0 saturated heterocycles. The lowest BCUT2D eigenvalue weighted by Gasteiger charge is -2.09. The Morgan fingerprint density at radius 3 is 2.48 bits per heavy atom. The minimum absolute atomic E-state index is 0.123. The standard InChI is InChI=1S/C20H19N5O2/c1-14(26)24-17-4-6-18(7-5-17)25-19-11-16(8-10-22-19)20(27)23-13-15-3-2-9-21-12-15/h2-12H,13H2,1H3,(H,22,25)(H,23,27)(H,24,26). The Bertz CT molecular complexity index is 927. The van der Waals surface area contributed by atoms with Gasteiger partial charge in [0.25, 0.3) is 5.91 Å². The van der Waals surface area contributed by atoms with Gasteiger partial charge in [0.2, 0.25) is 5.91 Å². The predicted octanol–water partition coefficient (Wildman–Crippen LogP) is 3.11. The fourth-order valence-electron chi connectivity index (χ4n) is 2.42. The van der Waals surface area contributed by atoms with Crippen molar-refractivity contribution in [2.75, 3.05) is 10.6 Å². The molecular weight excluding hydrogens is 342 g/mol. The van der Waals surface area contributed by atoms with E-state index >= 15 is 0 Å². The molecule has 0 aliphatic heterocycles. The van der Waals surface area contributed by atoms with Crippen LogP contribution in [0.1, 0.15) is 22.8 Å². The van der Waals surface area contributed by atoms with Crippen molar-refractivity contribution in [2.24, 2.45) is 0 Å². The maximum Gasteiger partial charge on any atom is 0.251 e. The Labute approximate surface area is 156 Å². The number of carbonyl (C=O) groups excluding carboxylic acids is 2. The summed E-state index contributed by atoms with van der Waals surface area (Å²) in [5.41, 5.74) is 2.94. The summed E-state index contributed by atoms with van der Waals surface area (Å²) in [4.78, 5) is 31.7. The summed E-state index contributed by atoms with van der Waals surface area (Å²) in [6.07, 6.45) is 4.98. The summed E-state index contributed by atoms with van der Waals surface area (Å²) in [5.74, 6) is 0.240. The molecule has 3 N–H and O–H groups in total. The molecule has 0 saturated carbocycles. The lowest BCUT2D eigenvalue weighted by atomic mass is 10.2. The maximum absolute atomic E-state index is 12.3. The van der Waals surface area contributed by atoms with Crippen molar-refractivity contribution in [1.29, 1.82) is 0 Å². The van der Waals surface area contributed by atoms with Crippen LogP contribution < -0.4 is 16.0 Å². The summed E-state index contributed by atoms with van der Waals surface area (Å²) in [6.45, 7) is 1.86. The highest BCUT2D eigenvalue weighted by Crippen LogP contribution is 2.18. The zero-order valence-electron chi connectivity index (χ0n) is 14.8. The van der Waals surface area contributed by atoms with Gasteiger partial charge in [0, 0.05) is 49.0 Å². The summed E-state index contributed by atoms with van der Waals surface area (Å²) in [5, 5.41) is 8.70. The number of nitrogens with zero attached hydrogens (tertiary/aromatic N) is 2. The Hall–Kier alpha value is -3.74. The molecule has 136 valence electrons. The first-order chi connectivity index (χ1) is 13.1. The van der Waals surface area contributed by atoms with E-state index in [0.717, 1.165) is 11.3 Å². The Morgan fingerprint density at radius 2 is 1.78 bits per heavy atom. The molecule has 0 aliphatic rings. The quantitative estimate of drug-likeness (QED) is 0.627. The van der Waals surface area contributed by atoms with E-state index in [9.17, 15) is 9.59 Å². The van der Waals surface area contributed by atoms with Gasteiger partial charge in [-0.1, -0.05) is 6.07 Å². The molecular formula is C20H19N5O2. The minimum Gasteiger partial charge on any atom is -0.348 e. The Kier molecular flexibility index (Phi) is 5.73. The number of anilines is 3. The minimum atomic E-state index is -0.190. The van der Waals surface area contributed by atoms with Crippen LogP contribution in [0.5, 0.6) is 0 Å². The molecule has 3 rings (SSSR count). The summed E-state index contributed by atoms with van der Waals surface area (Å²) in [7, 11) is 0. The van der Waals surface area contributed by atoms with Crippen LogP contribution in [0.3, 0.4) is 0 Å². The van der Waals surface area contributed by atoms with Crippen LogP contribution in [0.15, 0.2) is 67.1 Å². The number of carbonyl (C=O) groups is 2. The first kappa shape index (κ1) is 18.1. The van der Waals surface area contributed by atoms with Crippen molar-refractivity contribution in [1.82, 2.24) is 15.3 Å². The molecule has 0 bridgehead atoms. The fourth-order valence-corrected chi connectivity index (χ4v) is 2.42. The van der Waals surface area contributed by atoms with Crippen molar-refractivity contribution < 1.29 is 9.59 Å². The van der Waals surface area contributed by atoms with Gasteiger partial charge in [-0.05, 0) is 48.0 Å². The zero-order valence-corrected chi connectivity index (χ0v) is 14.8. The number of amides is 2. The molecule has 7 heteroatoms. The van der Waals surface area contributed by atoms with Crippen LogP contribution in [0, 0.1) is 0 Å². The van der Waals surface area contributed by atoms with Crippen LogP contribution in [0.25, 0.3) is 0 Å². The predicted molar refractivity (Wildman–Crippen MR) is 104 cm³/mol. The lowest BCUT2D eigenvalue weighted by Crippen LogP contribution is -2.23. The molecule has 0 spiro atoms. The van der Waals surface area contributed by atoms with E-state index in [-0.39, 0.29) is 11.8 Å². The molecule has 3 aromatic rings. The summed E-state index contributed by atoms with van der Waals surface area (Å²) in [6, 6.07) is 14.3. The third-order valence-corrected chi connectivity index (χ3v) is 3.68. The number of rotatable bonds is 6. The van der Waals surface area contributed by atoms with Gasteiger partial charge in [0.05, 0.1) is 0 Å². The van der Waals surface area contributed by atoms with Crippen molar-refractivity contribution in [3.63, 3.8) is 0 Å². The Morgan fingerprint density at radius 1 is 1.00 bits per heavy atom. The van der Waals surface area contributed by atoms with Crippen molar-refractivity contribution in [2.45, 2.75) is 13.5 Å². The van der Waals surface area contributed by atoms with E-state index in [0.29, 0.717) is 23.6 Å². The van der Waals surface area contributed by atoms with Gasteiger partial charge in [-0.2, -0.15) is 0 Å². The van der Waals surface area contributed by atoms with Crippen LogP contribution in [0.4, 0.5) is 17.2 Å². The third-order valence-electron chi connectivity index (χ3n) is 3.68. The highest BCUT2D eigenvalue weighted by Gasteiger charge is 2.07. The molecule has 27 heavy (non-hydrogen) atoms. The monoisotopic (exact) mass is 361 g/mol. The average Bonchev–Trinajstić information content (AvgIpc) is 2.68. The molecule has 1 aromatic carbocycles. The average molecular weight is 361 g/mol. The molecule has 2 amide bonds. The van der Waals surface area contributed by atoms with Gasteiger partial charge in [0.1, 0.15) is 5.82 Å². The number of pyridine rings is 2. The second-order valence-electron chi connectivity index (χ2n) is 5.86. The van der Waals surface area contributed by atoms with Crippen molar-refractivity contribution in [3.8, 4) is 0 Å². The number of hydrogen-bond acceptors (Lipinski definition) is 5. The maximum atomic E-state index is 12.3. The van der Waals surface area contributed by atoms with Crippen molar-refractivity contribution >= 4 is 29.0 Å². The second-order valence-corrected chi connectivity index (χ2v) is 5.86. The van der Waals surface area contributed by atoms with Crippen molar-refractivity contribution in [3.05, 3.63) is 78.2 Å². The zero-order chi connectivity index (χ0) is 19.1. The van der Waals surface area contributed by atoms with Gasteiger partial charge >= 0.3 is 0 Å². The van der Waals surface area contributed by atoms with E-state index in [4.69, 9.17) is 0 Å². The molecule has 0 fully saturated rings. The second kappa shape index (κ2) is 8.57. The van der Waals surface area contributed by atoms with Gasteiger partial charge in [-0.25, -0.2) is 4.98 Å². The molecule has 2 heterocycles. The number of aromatic nitrogens is 2. The lowest BCUT2D eigenvalue weighted by molar-refractivity contribution is -0.114. The number of benzene rings is 1. The summed E-state index contributed by atoms with van der Waals surface area (Å²) >= 11 is 0. The van der Waals surface area contributed by atoms with E-state index in [1.54, 1.807) is 42.9 Å². The van der Waals surface area contributed by atoms with Crippen LogP contribution in [-0.2, 0) is 11.3 Å². The van der Waals surface area contributed by atoms with Gasteiger partial charge in [0.15, 0.2) is 0 Å². The first-order valence-corrected chi connectivity index (χ1v) is 8.38. The van der Waals surface area contributed by atoms with Crippen LogP contribution in [0.2, 0.25) is 0 Å².